The second kappa shape index (κ2) is 5.12. The van der Waals surface area contributed by atoms with E-state index in [-0.39, 0.29) is 5.91 Å². The van der Waals surface area contributed by atoms with Gasteiger partial charge in [0.1, 0.15) is 5.52 Å². The van der Waals surface area contributed by atoms with Gasteiger partial charge in [0.05, 0.1) is 5.39 Å². The summed E-state index contributed by atoms with van der Waals surface area (Å²) in [6, 6.07) is 11.9. The lowest BCUT2D eigenvalue weighted by Crippen LogP contribution is -2.25. The number of hydrogen-bond donors (Lipinski definition) is 2. The maximum atomic E-state index is 12.3. The van der Waals surface area contributed by atoms with E-state index in [1.54, 1.807) is 0 Å². The lowest BCUT2D eigenvalue weighted by atomic mass is 9.97. The molecule has 0 radical (unpaired) electrons. The summed E-state index contributed by atoms with van der Waals surface area (Å²) < 4.78 is 5.01. The van der Waals surface area contributed by atoms with E-state index in [4.69, 9.17) is 10.3 Å². The van der Waals surface area contributed by atoms with Gasteiger partial charge < -0.3 is 15.6 Å². The van der Waals surface area contributed by atoms with Crippen molar-refractivity contribution >= 4 is 22.7 Å². The molecule has 1 heterocycles. The van der Waals surface area contributed by atoms with Gasteiger partial charge in [0.25, 0.3) is 5.91 Å². The SMILES string of the molecule is Cc1ccc(C(=O)NC2CC2)cc1-c1ccc2c(N)onc2c1. The summed E-state index contributed by atoms with van der Waals surface area (Å²) >= 11 is 0. The molecule has 5 nitrogen and oxygen atoms in total. The number of anilines is 1. The predicted octanol–water partition coefficient (Wildman–Crippen LogP) is 3.28. The van der Waals surface area contributed by atoms with Gasteiger partial charge in [0.2, 0.25) is 5.88 Å². The van der Waals surface area contributed by atoms with Crippen LogP contribution in [0.3, 0.4) is 0 Å². The number of nitrogens with zero attached hydrogens (tertiary/aromatic N) is 1. The number of fused-ring (bicyclic) bond motifs is 1. The lowest BCUT2D eigenvalue weighted by Gasteiger charge is -2.09. The minimum absolute atomic E-state index is 0.0134. The maximum absolute atomic E-state index is 12.3. The number of aromatic nitrogens is 1. The predicted molar refractivity (Wildman–Crippen MR) is 89.1 cm³/mol. The van der Waals surface area contributed by atoms with Gasteiger partial charge in [-0.1, -0.05) is 17.3 Å². The zero-order chi connectivity index (χ0) is 16.0. The second-order valence-electron chi connectivity index (χ2n) is 6.06. The molecule has 0 bridgehead atoms. The zero-order valence-corrected chi connectivity index (χ0v) is 12.8. The molecule has 3 N–H and O–H groups in total. The quantitative estimate of drug-likeness (QED) is 0.778. The molecule has 1 aliphatic rings. The molecule has 0 aliphatic heterocycles. The number of hydrogen-bond acceptors (Lipinski definition) is 4. The van der Waals surface area contributed by atoms with Gasteiger partial charge in [-0.15, -0.1) is 0 Å². The van der Waals surface area contributed by atoms with Crippen molar-refractivity contribution in [3.05, 3.63) is 47.5 Å². The first-order valence-corrected chi connectivity index (χ1v) is 7.68. The summed E-state index contributed by atoms with van der Waals surface area (Å²) in [5.74, 6) is 0.307. The molecule has 0 spiro atoms. The molecule has 0 saturated heterocycles. The van der Waals surface area contributed by atoms with Crippen LogP contribution >= 0.6 is 0 Å². The number of carbonyl (C=O) groups excluding carboxylic acids is 1. The zero-order valence-electron chi connectivity index (χ0n) is 12.8. The number of amides is 1. The van der Waals surface area contributed by atoms with Gasteiger partial charge in [0.15, 0.2) is 0 Å². The molecule has 0 atom stereocenters. The van der Waals surface area contributed by atoms with Gasteiger partial charge >= 0.3 is 0 Å². The standard InChI is InChI=1S/C18H17N3O2/c1-10-2-3-12(18(22)20-13-5-6-13)8-15(10)11-4-7-14-16(9-11)21-23-17(14)19/h2-4,7-9,13H,5-6,19H2,1H3,(H,20,22). The molecule has 1 aromatic heterocycles. The van der Waals surface area contributed by atoms with Crippen molar-refractivity contribution in [2.24, 2.45) is 0 Å². The van der Waals surface area contributed by atoms with Gasteiger partial charge in [-0.2, -0.15) is 0 Å². The van der Waals surface area contributed by atoms with Crippen molar-refractivity contribution in [1.82, 2.24) is 10.5 Å². The van der Waals surface area contributed by atoms with Crippen molar-refractivity contribution in [2.45, 2.75) is 25.8 Å². The largest absolute Gasteiger partial charge is 0.367 e. The molecule has 116 valence electrons. The van der Waals surface area contributed by atoms with Crippen LogP contribution in [0.2, 0.25) is 0 Å². The monoisotopic (exact) mass is 307 g/mol. The number of benzene rings is 2. The molecule has 3 aromatic rings. The Balaban J connectivity index is 1.74. The average Bonchev–Trinajstić information content (AvgIpc) is 3.29. The molecule has 0 unspecified atom stereocenters. The summed E-state index contributed by atoms with van der Waals surface area (Å²) in [6.07, 6.45) is 2.16. The molecule has 1 fully saturated rings. The number of carbonyl (C=O) groups is 1. The van der Waals surface area contributed by atoms with Crippen LogP contribution in [0.25, 0.3) is 22.0 Å². The summed E-state index contributed by atoms with van der Waals surface area (Å²) in [5.41, 5.74) is 10.2. The summed E-state index contributed by atoms with van der Waals surface area (Å²) in [7, 11) is 0. The van der Waals surface area contributed by atoms with Crippen LogP contribution in [-0.2, 0) is 0 Å². The van der Waals surface area contributed by atoms with Gasteiger partial charge in [-0.25, -0.2) is 0 Å². The van der Waals surface area contributed by atoms with E-state index >= 15 is 0 Å². The Morgan fingerprint density at radius 2 is 2.09 bits per heavy atom. The van der Waals surface area contributed by atoms with E-state index < -0.39 is 0 Å². The Bertz CT molecular complexity index is 910. The Labute approximate surface area is 133 Å². The summed E-state index contributed by atoms with van der Waals surface area (Å²) in [5, 5.41) is 7.78. The molecule has 1 aliphatic carbocycles. The molecule has 1 saturated carbocycles. The topological polar surface area (TPSA) is 81.2 Å². The number of aryl methyl sites for hydroxylation is 1. The third-order valence-electron chi connectivity index (χ3n) is 4.23. The van der Waals surface area contributed by atoms with E-state index in [1.807, 2.05) is 43.3 Å². The van der Waals surface area contributed by atoms with Crippen molar-refractivity contribution < 1.29 is 9.32 Å². The molecule has 4 rings (SSSR count). The van der Waals surface area contributed by atoms with Crippen LogP contribution in [0.5, 0.6) is 0 Å². The highest BCUT2D eigenvalue weighted by Crippen LogP contribution is 2.30. The molecular formula is C18H17N3O2. The van der Waals surface area contributed by atoms with Crippen LogP contribution in [0.15, 0.2) is 40.9 Å². The minimum atomic E-state index is -0.0134. The normalized spacial score (nSPS) is 14.1. The second-order valence-corrected chi connectivity index (χ2v) is 6.06. The molecule has 5 heteroatoms. The van der Waals surface area contributed by atoms with Gasteiger partial charge in [-0.05, 0) is 60.7 Å². The van der Waals surface area contributed by atoms with Crippen LogP contribution < -0.4 is 11.1 Å². The third-order valence-corrected chi connectivity index (χ3v) is 4.23. The molecule has 1 amide bonds. The Morgan fingerprint density at radius 1 is 1.26 bits per heavy atom. The fourth-order valence-electron chi connectivity index (χ4n) is 2.70. The lowest BCUT2D eigenvalue weighted by molar-refractivity contribution is 0.0951. The van der Waals surface area contributed by atoms with Crippen LogP contribution in [0.4, 0.5) is 5.88 Å². The summed E-state index contributed by atoms with van der Waals surface area (Å²) in [4.78, 5) is 12.3. The first-order valence-electron chi connectivity index (χ1n) is 7.68. The number of nitrogen functional groups attached to an aromatic ring is 1. The van der Waals surface area contributed by atoms with E-state index in [2.05, 4.69) is 10.5 Å². The highest BCUT2D eigenvalue weighted by Gasteiger charge is 2.24. The first kappa shape index (κ1) is 13.8. The Kier molecular flexibility index (Phi) is 3.08. The van der Waals surface area contributed by atoms with Crippen LogP contribution in [0, 0.1) is 6.92 Å². The number of rotatable bonds is 3. The average molecular weight is 307 g/mol. The highest BCUT2D eigenvalue weighted by atomic mass is 16.5. The van der Waals surface area contributed by atoms with E-state index in [0.717, 1.165) is 34.9 Å². The fraction of sp³-hybridized carbons (Fsp3) is 0.222. The minimum Gasteiger partial charge on any atom is -0.367 e. The Morgan fingerprint density at radius 3 is 2.87 bits per heavy atom. The first-order chi connectivity index (χ1) is 11.1. The van der Waals surface area contributed by atoms with Gasteiger partial charge in [-0.3, -0.25) is 4.79 Å². The van der Waals surface area contributed by atoms with Crippen LogP contribution in [-0.4, -0.2) is 17.1 Å². The molecule has 23 heavy (non-hydrogen) atoms. The van der Waals surface area contributed by atoms with E-state index in [1.165, 1.54) is 0 Å². The maximum Gasteiger partial charge on any atom is 0.251 e. The third kappa shape index (κ3) is 2.54. The van der Waals surface area contributed by atoms with Gasteiger partial charge in [0, 0.05) is 11.6 Å². The smallest absolute Gasteiger partial charge is 0.251 e. The van der Waals surface area contributed by atoms with E-state index in [9.17, 15) is 4.79 Å². The molecular weight excluding hydrogens is 290 g/mol. The fourth-order valence-corrected chi connectivity index (χ4v) is 2.70. The highest BCUT2D eigenvalue weighted by molar-refractivity contribution is 5.97. The number of nitrogens with two attached hydrogens (primary N) is 1. The number of nitrogens with one attached hydrogen (secondary N) is 1. The molecule has 2 aromatic carbocycles. The Hall–Kier alpha value is -2.82. The van der Waals surface area contributed by atoms with Crippen molar-refractivity contribution in [1.29, 1.82) is 0 Å². The summed E-state index contributed by atoms with van der Waals surface area (Å²) in [6.45, 7) is 2.03. The van der Waals surface area contributed by atoms with E-state index in [0.29, 0.717) is 23.0 Å². The van der Waals surface area contributed by atoms with Crippen molar-refractivity contribution in [3.8, 4) is 11.1 Å². The van der Waals surface area contributed by atoms with Crippen molar-refractivity contribution in [2.75, 3.05) is 5.73 Å². The van der Waals surface area contributed by atoms with Crippen molar-refractivity contribution in [3.63, 3.8) is 0 Å². The van der Waals surface area contributed by atoms with Crippen LogP contribution in [0.1, 0.15) is 28.8 Å².